The van der Waals surface area contributed by atoms with Crippen LogP contribution in [0, 0.1) is 5.92 Å². The summed E-state index contributed by atoms with van der Waals surface area (Å²) in [4.78, 5) is 10.4. The van der Waals surface area contributed by atoms with Gasteiger partial charge in [-0.05, 0) is 12.3 Å². The maximum absolute atomic E-state index is 10.4. The van der Waals surface area contributed by atoms with Crippen LogP contribution < -0.4 is 0 Å². The van der Waals surface area contributed by atoms with Crippen LogP contribution >= 0.6 is 0 Å². The summed E-state index contributed by atoms with van der Waals surface area (Å²) < 4.78 is 0. The lowest BCUT2D eigenvalue weighted by atomic mass is 9.95. The largest absolute Gasteiger partial charge is 0.481 e. The number of carboxylic acid groups (broad SMARTS) is 1. The molecule has 162 valence electrons. The molecule has 0 aliphatic rings. The third-order valence-corrected chi connectivity index (χ3v) is 5.89. The van der Waals surface area contributed by atoms with Gasteiger partial charge < -0.3 is 5.11 Å². The van der Waals surface area contributed by atoms with Crippen molar-refractivity contribution in [3.8, 4) is 0 Å². The van der Waals surface area contributed by atoms with Crippen LogP contribution in [0.4, 0.5) is 0 Å². The van der Waals surface area contributed by atoms with Gasteiger partial charge in [-0.2, -0.15) is 0 Å². The van der Waals surface area contributed by atoms with Gasteiger partial charge in [-0.1, -0.05) is 136 Å². The highest BCUT2D eigenvalue weighted by Crippen LogP contribution is 2.19. The molecule has 0 radical (unpaired) electrons. The highest BCUT2D eigenvalue weighted by atomic mass is 16.4. The number of aliphatic carboxylic acids is 1. The molecule has 0 saturated carbocycles. The highest BCUT2D eigenvalue weighted by Gasteiger charge is 2.02. The molecule has 27 heavy (non-hydrogen) atoms. The predicted octanol–water partition coefficient (Wildman–Crippen LogP) is 8.92. The first-order chi connectivity index (χ1) is 13.2. The molecule has 0 rings (SSSR count). The minimum absolute atomic E-state index is 0.343. The van der Waals surface area contributed by atoms with Gasteiger partial charge in [-0.25, -0.2) is 0 Å². The molecule has 0 aliphatic heterocycles. The maximum Gasteiger partial charge on any atom is 0.303 e. The second-order valence-electron chi connectivity index (χ2n) is 8.84. The van der Waals surface area contributed by atoms with Gasteiger partial charge in [0.05, 0.1) is 0 Å². The molecule has 2 heteroatoms. The van der Waals surface area contributed by atoms with Crippen LogP contribution in [0.1, 0.15) is 149 Å². The van der Waals surface area contributed by atoms with Crippen LogP contribution in [0.3, 0.4) is 0 Å². The van der Waals surface area contributed by atoms with E-state index in [1.54, 1.807) is 0 Å². The molecular weight excluding hydrogens is 332 g/mol. The number of rotatable bonds is 22. The highest BCUT2D eigenvalue weighted by molar-refractivity contribution is 5.66. The van der Waals surface area contributed by atoms with Crippen molar-refractivity contribution in [2.75, 3.05) is 0 Å². The van der Waals surface area contributed by atoms with Crippen molar-refractivity contribution in [2.45, 2.75) is 149 Å². The van der Waals surface area contributed by atoms with E-state index < -0.39 is 5.97 Å². The Labute approximate surface area is 170 Å². The molecule has 0 aromatic carbocycles. The first-order valence-electron chi connectivity index (χ1n) is 12.4. The summed E-state index contributed by atoms with van der Waals surface area (Å²) in [5.41, 5.74) is 0. The molecule has 1 unspecified atom stereocenters. The van der Waals surface area contributed by atoms with Gasteiger partial charge in [-0.15, -0.1) is 0 Å². The second kappa shape index (κ2) is 21.8. The Morgan fingerprint density at radius 1 is 0.593 bits per heavy atom. The Kier molecular flexibility index (Phi) is 21.3. The fourth-order valence-corrected chi connectivity index (χ4v) is 3.95. The van der Waals surface area contributed by atoms with E-state index in [9.17, 15) is 4.79 Å². The zero-order chi connectivity index (χ0) is 20.0. The van der Waals surface area contributed by atoms with Crippen molar-refractivity contribution in [3.05, 3.63) is 0 Å². The summed E-state index contributed by atoms with van der Waals surface area (Å²) in [6.07, 6.45) is 27.5. The zero-order valence-corrected chi connectivity index (χ0v) is 18.8. The number of hydrogen-bond donors (Lipinski definition) is 1. The lowest BCUT2D eigenvalue weighted by molar-refractivity contribution is -0.137. The summed E-state index contributed by atoms with van der Waals surface area (Å²) in [5, 5.41) is 8.60. The summed E-state index contributed by atoms with van der Waals surface area (Å²) in [5.74, 6) is 0.238. The molecule has 0 heterocycles. The monoisotopic (exact) mass is 382 g/mol. The van der Waals surface area contributed by atoms with Gasteiger partial charge in [0, 0.05) is 6.42 Å². The first-order valence-corrected chi connectivity index (χ1v) is 12.4. The van der Waals surface area contributed by atoms with E-state index in [0.717, 1.165) is 18.8 Å². The van der Waals surface area contributed by atoms with Crippen LogP contribution in [0.15, 0.2) is 0 Å². The SMILES string of the molecule is CCCCCCCCCCCCCCC(C)CCCCCCCCC(=O)O. The van der Waals surface area contributed by atoms with Gasteiger partial charge in [0.2, 0.25) is 0 Å². The van der Waals surface area contributed by atoms with E-state index in [1.165, 1.54) is 116 Å². The van der Waals surface area contributed by atoms with Crippen molar-refractivity contribution < 1.29 is 9.90 Å². The average molecular weight is 383 g/mol. The van der Waals surface area contributed by atoms with Crippen LogP contribution in [0.2, 0.25) is 0 Å². The Morgan fingerprint density at radius 2 is 0.926 bits per heavy atom. The van der Waals surface area contributed by atoms with E-state index in [2.05, 4.69) is 13.8 Å². The second-order valence-corrected chi connectivity index (χ2v) is 8.84. The fourth-order valence-electron chi connectivity index (χ4n) is 3.95. The van der Waals surface area contributed by atoms with Gasteiger partial charge in [0.25, 0.3) is 0 Å². The lowest BCUT2D eigenvalue weighted by Gasteiger charge is -2.11. The number of carboxylic acids is 1. The molecule has 0 aromatic heterocycles. The molecule has 1 atom stereocenters. The Bertz CT molecular complexity index is 301. The van der Waals surface area contributed by atoms with Crippen molar-refractivity contribution in [2.24, 2.45) is 5.92 Å². The fraction of sp³-hybridized carbons (Fsp3) is 0.960. The molecule has 0 aliphatic carbocycles. The third-order valence-electron chi connectivity index (χ3n) is 5.89. The van der Waals surface area contributed by atoms with Crippen LogP contribution in [0.25, 0.3) is 0 Å². The van der Waals surface area contributed by atoms with E-state index in [-0.39, 0.29) is 0 Å². The summed E-state index contributed by atoms with van der Waals surface area (Å²) in [6, 6.07) is 0. The third kappa shape index (κ3) is 23.4. The van der Waals surface area contributed by atoms with Crippen LogP contribution in [-0.4, -0.2) is 11.1 Å². The van der Waals surface area contributed by atoms with Crippen molar-refractivity contribution in [3.63, 3.8) is 0 Å². The minimum atomic E-state index is -0.651. The topological polar surface area (TPSA) is 37.3 Å². The molecule has 0 aromatic rings. The molecule has 0 saturated heterocycles. The molecule has 0 fully saturated rings. The predicted molar refractivity (Wildman–Crippen MR) is 119 cm³/mol. The van der Waals surface area contributed by atoms with Crippen molar-refractivity contribution in [1.82, 2.24) is 0 Å². The number of carbonyl (C=O) groups is 1. The van der Waals surface area contributed by atoms with Gasteiger partial charge >= 0.3 is 5.97 Å². The zero-order valence-electron chi connectivity index (χ0n) is 18.8. The van der Waals surface area contributed by atoms with Gasteiger partial charge in [0.15, 0.2) is 0 Å². The quantitative estimate of drug-likeness (QED) is 0.190. The Morgan fingerprint density at radius 3 is 1.30 bits per heavy atom. The Balaban J connectivity index is 3.15. The van der Waals surface area contributed by atoms with Gasteiger partial charge in [-0.3, -0.25) is 4.79 Å². The average Bonchev–Trinajstić information content (AvgIpc) is 2.64. The van der Waals surface area contributed by atoms with E-state index in [1.807, 2.05) is 0 Å². The standard InChI is InChI=1S/C25H50O2/c1-3-4-5-6-7-8-9-10-11-12-15-18-21-24(2)22-19-16-13-14-17-20-23-25(26)27/h24H,3-23H2,1-2H3,(H,26,27). The van der Waals surface area contributed by atoms with Gasteiger partial charge in [0.1, 0.15) is 0 Å². The number of unbranched alkanes of at least 4 members (excludes halogenated alkanes) is 16. The Hall–Kier alpha value is -0.530. The first kappa shape index (κ1) is 26.5. The molecule has 1 N–H and O–H groups in total. The van der Waals surface area contributed by atoms with Crippen LogP contribution in [0.5, 0.6) is 0 Å². The molecule has 2 nitrogen and oxygen atoms in total. The molecule has 0 amide bonds. The molecular formula is C25H50O2. The molecule has 0 spiro atoms. The van der Waals surface area contributed by atoms with E-state index in [4.69, 9.17) is 5.11 Å². The van der Waals surface area contributed by atoms with Crippen molar-refractivity contribution >= 4 is 5.97 Å². The number of hydrogen-bond acceptors (Lipinski definition) is 1. The van der Waals surface area contributed by atoms with E-state index >= 15 is 0 Å². The smallest absolute Gasteiger partial charge is 0.303 e. The maximum atomic E-state index is 10.4. The summed E-state index contributed by atoms with van der Waals surface area (Å²) in [6.45, 7) is 4.71. The summed E-state index contributed by atoms with van der Waals surface area (Å²) >= 11 is 0. The summed E-state index contributed by atoms with van der Waals surface area (Å²) in [7, 11) is 0. The van der Waals surface area contributed by atoms with Crippen LogP contribution in [-0.2, 0) is 4.79 Å². The molecule has 0 bridgehead atoms. The normalized spacial score (nSPS) is 12.4. The lowest BCUT2D eigenvalue weighted by Crippen LogP contribution is -1.95. The van der Waals surface area contributed by atoms with E-state index in [0.29, 0.717) is 6.42 Å². The minimum Gasteiger partial charge on any atom is -0.481 e. The van der Waals surface area contributed by atoms with Crippen molar-refractivity contribution in [1.29, 1.82) is 0 Å².